The zero-order valence-electron chi connectivity index (χ0n) is 18.3. The molecule has 0 aliphatic heterocycles. The highest BCUT2D eigenvalue weighted by Crippen LogP contribution is 2.41. The summed E-state index contributed by atoms with van der Waals surface area (Å²) in [6.07, 6.45) is 0. The van der Waals surface area contributed by atoms with Crippen LogP contribution in [0, 0.1) is 13.8 Å². The fourth-order valence-electron chi connectivity index (χ4n) is 4.06. The zero-order chi connectivity index (χ0) is 21.9. The van der Waals surface area contributed by atoms with Crippen LogP contribution in [0.2, 0.25) is 0 Å². The molecular formula is C30H25NS. The van der Waals surface area contributed by atoms with Crippen molar-refractivity contribution < 1.29 is 0 Å². The van der Waals surface area contributed by atoms with Crippen molar-refractivity contribution in [3.05, 3.63) is 126 Å². The Bertz CT molecular complexity index is 1280. The maximum Gasteiger partial charge on any atom is 0.0542 e. The van der Waals surface area contributed by atoms with Gasteiger partial charge >= 0.3 is 0 Å². The van der Waals surface area contributed by atoms with Crippen LogP contribution in [0.3, 0.4) is 0 Å². The van der Waals surface area contributed by atoms with E-state index in [0.717, 1.165) is 11.4 Å². The Kier molecular flexibility index (Phi) is 5.62. The lowest BCUT2D eigenvalue weighted by molar-refractivity contribution is 1.27. The minimum Gasteiger partial charge on any atom is -0.310 e. The second-order valence-electron chi connectivity index (χ2n) is 8.01. The van der Waals surface area contributed by atoms with Crippen LogP contribution in [0.25, 0.3) is 21.6 Å². The minimum atomic E-state index is 1.15. The van der Waals surface area contributed by atoms with Gasteiger partial charge in [-0.25, -0.2) is 0 Å². The summed E-state index contributed by atoms with van der Waals surface area (Å²) in [6.45, 7) is 4.31. The summed E-state index contributed by atoms with van der Waals surface area (Å²) in [5.74, 6) is 0. The summed E-state index contributed by atoms with van der Waals surface area (Å²) >= 11 is 1.84. The molecule has 0 aliphatic rings. The van der Waals surface area contributed by atoms with Gasteiger partial charge in [0, 0.05) is 26.7 Å². The Balaban J connectivity index is 1.64. The first-order valence-electron chi connectivity index (χ1n) is 10.9. The molecule has 5 rings (SSSR count). The molecule has 0 radical (unpaired) electrons. The van der Waals surface area contributed by atoms with Crippen molar-refractivity contribution in [2.75, 3.05) is 4.90 Å². The lowest BCUT2D eigenvalue weighted by Gasteiger charge is -2.28. The quantitative estimate of drug-likeness (QED) is 0.268. The predicted octanol–water partition coefficient (Wildman–Crippen LogP) is 9.17. The van der Waals surface area contributed by atoms with Gasteiger partial charge in [0.05, 0.1) is 5.69 Å². The summed E-state index contributed by atoms with van der Waals surface area (Å²) in [5, 5.41) is 0. The maximum atomic E-state index is 2.35. The van der Waals surface area contributed by atoms with Crippen LogP contribution in [0.15, 0.2) is 115 Å². The first kappa shape index (κ1) is 20.3. The summed E-state index contributed by atoms with van der Waals surface area (Å²) in [5.41, 5.74) is 8.43. The molecule has 1 nitrogen and oxygen atoms in total. The van der Waals surface area contributed by atoms with Gasteiger partial charge in [0.15, 0.2) is 0 Å². The van der Waals surface area contributed by atoms with Crippen molar-refractivity contribution in [3.8, 4) is 21.6 Å². The molecule has 0 fully saturated rings. The Morgan fingerprint density at radius 1 is 0.562 bits per heavy atom. The maximum absolute atomic E-state index is 2.35. The number of anilines is 3. The number of hydrogen-bond acceptors (Lipinski definition) is 2. The van der Waals surface area contributed by atoms with E-state index in [1.54, 1.807) is 0 Å². The molecule has 5 aromatic rings. The van der Waals surface area contributed by atoms with E-state index >= 15 is 0 Å². The first-order valence-corrected chi connectivity index (χ1v) is 11.7. The number of thiophene rings is 1. The molecule has 1 aromatic heterocycles. The Hall–Kier alpha value is -3.62. The monoisotopic (exact) mass is 431 g/mol. The summed E-state index contributed by atoms with van der Waals surface area (Å²) in [7, 11) is 0. The molecule has 0 N–H and O–H groups in total. The zero-order valence-corrected chi connectivity index (χ0v) is 19.1. The van der Waals surface area contributed by atoms with Crippen molar-refractivity contribution in [3.63, 3.8) is 0 Å². The van der Waals surface area contributed by atoms with Gasteiger partial charge in [-0.05, 0) is 73.0 Å². The third-order valence-electron chi connectivity index (χ3n) is 5.64. The van der Waals surface area contributed by atoms with Gasteiger partial charge in [0.25, 0.3) is 0 Å². The van der Waals surface area contributed by atoms with E-state index in [-0.39, 0.29) is 0 Å². The molecule has 0 amide bonds. The molecule has 0 atom stereocenters. The van der Waals surface area contributed by atoms with E-state index in [0.29, 0.717) is 0 Å². The summed E-state index contributed by atoms with van der Waals surface area (Å²) in [4.78, 5) is 5.00. The molecule has 0 bridgehead atoms. The van der Waals surface area contributed by atoms with Gasteiger partial charge in [-0.15, -0.1) is 11.3 Å². The molecule has 0 spiro atoms. The molecule has 0 unspecified atom stereocenters. The fraction of sp³-hybridized carbons (Fsp3) is 0.0667. The van der Waals surface area contributed by atoms with Gasteiger partial charge in [0.2, 0.25) is 0 Å². The standard InChI is InChI=1S/C30H25NS/c1-22-13-19-28(24-15-17-25(18-16-24)30-20-14-23(2)32-30)29(21-22)31(26-9-5-3-6-10-26)27-11-7-4-8-12-27/h3-21H,1-2H3. The van der Waals surface area contributed by atoms with E-state index in [1.165, 1.54) is 37.7 Å². The van der Waals surface area contributed by atoms with Crippen molar-refractivity contribution >= 4 is 28.4 Å². The number of benzene rings is 4. The van der Waals surface area contributed by atoms with Crippen LogP contribution in [0.1, 0.15) is 10.4 Å². The number of rotatable bonds is 5. The Morgan fingerprint density at radius 3 is 1.72 bits per heavy atom. The average molecular weight is 432 g/mol. The molecule has 2 heteroatoms. The third kappa shape index (κ3) is 4.10. The molecule has 156 valence electrons. The Morgan fingerprint density at radius 2 is 1.16 bits per heavy atom. The van der Waals surface area contributed by atoms with Gasteiger partial charge in [-0.1, -0.05) is 72.8 Å². The highest BCUT2D eigenvalue weighted by molar-refractivity contribution is 7.15. The predicted molar refractivity (Wildman–Crippen MR) is 139 cm³/mol. The van der Waals surface area contributed by atoms with Crippen LogP contribution in [-0.4, -0.2) is 0 Å². The summed E-state index contributed by atoms with van der Waals surface area (Å²) in [6, 6.07) is 41.3. The average Bonchev–Trinajstić information content (AvgIpc) is 3.27. The smallest absolute Gasteiger partial charge is 0.0542 e. The molecule has 0 aliphatic carbocycles. The van der Waals surface area contributed by atoms with Crippen molar-refractivity contribution in [1.82, 2.24) is 0 Å². The van der Waals surface area contributed by atoms with E-state index in [4.69, 9.17) is 0 Å². The fourth-order valence-corrected chi connectivity index (χ4v) is 4.93. The molecule has 4 aromatic carbocycles. The molecular weight excluding hydrogens is 406 g/mol. The topological polar surface area (TPSA) is 3.24 Å². The third-order valence-corrected chi connectivity index (χ3v) is 6.69. The number of aryl methyl sites for hydroxylation is 2. The second-order valence-corrected chi connectivity index (χ2v) is 9.30. The largest absolute Gasteiger partial charge is 0.310 e. The molecule has 1 heterocycles. The van der Waals surface area contributed by atoms with Crippen LogP contribution in [0.5, 0.6) is 0 Å². The van der Waals surface area contributed by atoms with Crippen LogP contribution >= 0.6 is 11.3 Å². The normalized spacial score (nSPS) is 10.8. The first-order chi connectivity index (χ1) is 15.7. The second kappa shape index (κ2) is 8.86. The lowest BCUT2D eigenvalue weighted by Crippen LogP contribution is -2.11. The number of nitrogens with zero attached hydrogens (tertiary/aromatic N) is 1. The SMILES string of the molecule is Cc1ccc(-c2ccc(-c3ccc(C)s3)cc2)c(N(c2ccccc2)c2ccccc2)c1. The van der Waals surface area contributed by atoms with Gasteiger partial charge in [-0.2, -0.15) is 0 Å². The Labute approximate surface area is 194 Å². The van der Waals surface area contributed by atoms with Crippen LogP contribution in [0.4, 0.5) is 17.1 Å². The van der Waals surface area contributed by atoms with Gasteiger partial charge in [-0.3, -0.25) is 0 Å². The van der Waals surface area contributed by atoms with Crippen LogP contribution < -0.4 is 4.90 Å². The van der Waals surface area contributed by atoms with Crippen molar-refractivity contribution in [1.29, 1.82) is 0 Å². The van der Waals surface area contributed by atoms with Crippen molar-refractivity contribution in [2.45, 2.75) is 13.8 Å². The van der Waals surface area contributed by atoms with Crippen LogP contribution in [-0.2, 0) is 0 Å². The molecule has 0 saturated carbocycles. The van der Waals surface area contributed by atoms with E-state index < -0.39 is 0 Å². The van der Waals surface area contributed by atoms with E-state index in [2.05, 4.69) is 134 Å². The highest BCUT2D eigenvalue weighted by atomic mass is 32.1. The van der Waals surface area contributed by atoms with E-state index in [9.17, 15) is 0 Å². The molecule has 0 saturated heterocycles. The highest BCUT2D eigenvalue weighted by Gasteiger charge is 2.17. The summed E-state index contributed by atoms with van der Waals surface area (Å²) < 4.78 is 0. The lowest BCUT2D eigenvalue weighted by atomic mass is 9.98. The number of para-hydroxylation sites is 2. The van der Waals surface area contributed by atoms with Gasteiger partial charge in [0.1, 0.15) is 0 Å². The van der Waals surface area contributed by atoms with Gasteiger partial charge < -0.3 is 4.90 Å². The number of hydrogen-bond donors (Lipinski definition) is 0. The minimum absolute atomic E-state index is 1.15. The molecule has 32 heavy (non-hydrogen) atoms. The van der Waals surface area contributed by atoms with E-state index in [1.807, 2.05) is 11.3 Å². The van der Waals surface area contributed by atoms with Crippen molar-refractivity contribution in [2.24, 2.45) is 0 Å².